The van der Waals surface area contributed by atoms with E-state index < -0.39 is 0 Å². The van der Waals surface area contributed by atoms with E-state index in [1.54, 1.807) is 11.3 Å². The van der Waals surface area contributed by atoms with Crippen LogP contribution in [0.1, 0.15) is 21.7 Å². The molecule has 8 rings (SSSR count). The fraction of sp³-hybridized carbons (Fsp3) is 0. The summed E-state index contributed by atoms with van der Waals surface area (Å²) in [4.78, 5) is 5.04. The zero-order valence-corrected chi connectivity index (χ0v) is 28.0. The number of allylic oxidation sites excluding steroid dienone is 7. The van der Waals surface area contributed by atoms with Crippen LogP contribution in [0.5, 0.6) is 0 Å². The average Bonchev–Trinajstić information content (AvgIpc) is 3.63. The number of rotatable bonds is 8. The van der Waals surface area contributed by atoms with Gasteiger partial charge in [0, 0.05) is 16.7 Å². The molecule has 7 aromatic rings. The molecule has 2 aromatic heterocycles. The van der Waals surface area contributed by atoms with Gasteiger partial charge in [-0.25, -0.2) is 9.40 Å². The number of hydrogen-bond donors (Lipinski definition) is 0. The maximum Gasteiger partial charge on any atom is 0.361 e. The molecule has 0 fully saturated rings. The minimum atomic E-state index is 0.804. The van der Waals surface area contributed by atoms with Gasteiger partial charge >= 0.3 is 11.5 Å². The van der Waals surface area contributed by atoms with Gasteiger partial charge in [0.2, 0.25) is 0 Å². The van der Waals surface area contributed by atoms with Crippen LogP contribution in [0.2, 0.25) is 0 Å². The molecule has 0 saturated carbocycles. The molecule has 0 atom stereocenters. The fourth-order valence-corrected chi connectivity index (χ4v) is 6.75. The molecule has 1 aliphatic heterocycles. The molecule has 0 unspecified atom stereocenters. The number of para-hydroxylation sites is 1. The standard InChI is InChI=1S/C46H32NO2S/c1-5-15-35(16-6-1)41-29-33(30-42(48-41)36-17-7-2-8-18-36)25-27-39(46-47-40-23-13-14-24-45(40)50-46)28-26-34-31-43(37-19-9-3-10-20-37)49-44(32-34)38-21-11-4-12-22-38/h1-32H/q+1. The van der Waals surface area contributed by atoms with Crippen molar-refractivity contribution in [3.8, 4) is 22.6 Å². The van der Waals surface area contributed by atoms with Gasteiger partial charge in [0.05, 0.1) is 33.5 Å². The average molecular weight is 663 g/mol. The molecule has 4 heteroatoms. The molecule has 0 radical (unpaired) electrons. The van der Waals surface area contributed by atoms with E-state index in [2.05, 4.69) is 115 Å². The Bertz CT molecular complexity index is 2270. The minimum absolute atomic E-state index is 0.804. The van der Waals surface area contributed by atoms with Gasteiger partial charge in [-0.05, 0) is 59.7 Å². The van der Waals surface area contributed by atoms with Crippen molar-refractivity contribution in [1.29, 1.82) is 0 Å². The van der Waals surface area contributed by atoms with Crippen molar-refractivity contribution in [2.24, 2.45) is 0 Å². The summed E-state index contributed by atoms with van der Waals surface area (Å²) in [6.45, 7) is 0. The van der Waals surface area contributed by atoms with E-state index >= 15 is 0 Å². The third-order valence-corrected chi connectivity index (χ3v) is 9.40. The van der Waals surface area contributed by atoms with Crippen molar-refractivity contribution in [2.75, 3.05) is 0 Å². The molecule has 0 aliphatic carbocycles. The quantitative estimate of drug-likeness (QED) is 0.120. The molecule has 3 nitrogen and oxygen atoms in total. The van der Waals surface area contributed by atoms with Crippen LogP contribution < -0.4 is 0 Å². The number of ether oxygens (including phenoxy) is 1. The summed E-state index contributed by atoms with van der Waals surface area (Å²) < 4.78 is 14.0. The predicted octanol–water partition coefficient (Wildman–Crippen LogP) is 12.6. The summed E-state index contributed by atoms with van der Waals surface area (Å²) in [5, 5.41) is 0.943. The van der Waals surface area contributed by atoms with Crippen LogP contribution in [-0.4, -0.2) is 4.98 Å². The molecule has 0 N–H and O–H groups in total. The van der Waals surface area contributed by atoms with Crippen LogP contribution in [0.15, 0.2) is 198 Å². The third-order valence-electron chi connectivity index (χ3n) is 8.32. The van der Waals surface area contributed by atoms with Gasteiger partial charge < -0.3 is 4.74 Å². The van der Waals surface area contributed by atoms with Crippen LogP contribution in [0, 0.1) is 0 Å². The lowest BCUT2D eigenvalue weighted by Crippen LogP contribution is -1.99. The lowest BCUT2D eigenvalue weighted by atomic mass is 10.0. The van der Waals surface area contributed by atoms with E-state index in [9.17, 15) is 0 Å². The monoisotopic (exact) mass is 662 g/mol. The molecule has 0 spiro atoms. The van der Waals surface area contributed by atoms with E-state index in [1.807, 2.05) is 78.9 Å². The first-order valence-corrected chi connectivity index (χ1v) is 17.3. The second-order valence-electron chi connectivity index (χ2n) is 11.8. The number of thiazole rings is 1. The van der Waals surface area contributed by atoms with Gasteiger partial charge in [0.25, 0.3) is 0 Å². The van der Waals surface area contributed by atoms with Gasteiger partial charge in [-0.3, -0.25) is 0 Å². The van der Waals surface area contributed by atoms with E-state index in [0.717, 1.165) is 77.2 Å². The Labute approximate surface area is 295 Å². The summed E-state index contributed by atoms with van der Waals surface area (Å²) in [6, 6.07) is 53.3. The summed E-state index contributed by atoms with van der Waals surface area (Å²) in [5.74, 6) is 3.22. The second-order valence-corrected chi connectivity index (χ2v) is 12.8. The first kappa shape index (κ1) is 30.9. The SMILES string of the molecule is C(/C=C(/C=C/c1cc(-c2ccccc2)[o+]c(-c2ccccc2)c1)c1nc2ccccc2s1)=C1C=C(c2ccccc2)OC(c2ccccc2)=C1. The van der Waals surface area contributed by atoms with Gasteiger partial charge in [-0.15, -0.1) is 11.3 Å². The van der Waals surface area contributed by atoms with Crippen molar-refractivity contribution in [3.63, 3.8) is 0 Å². The molecule has 50 heavy (non-hydrogen) atoms. The lowest BCUT2D eigenvalue weighted by molar-refractivity contribution is 0.467. The van der Waals surface area contributed by atoms with Gasteiger partial charge in [-0.1, -0.05) is 133 Å². The first-order valence-electron chi connectivity index (χ1n) is 16.5. The van der Waals surface area contributed by atoms with Crippen molar-refractivity contribution in [1.82, 2.24) is 4.98 Å². The number of aromatic nitrogens is 1. The van der Waals surface area contributed by atoms with Crippen LogP contribution in [0.4, 0.5) is 0 Å². The summed E-state index contributed by atoms with van der Waals surface area (Å²) in [7, 11) is 0. The Morgan fingerprint density at radius 2 is 1.08 bits per heavy atom. The van der Waals surface area contributed by atoms with Crippen molar-refractivity contribution < 1.29 is 9.15 Å². The maximum absolute atomic E-state index is 6.45. The summed E-state index contributed by atoms with van der Waals surface area (Å²) in [6.07, 6.45) is 12.8. The fourth-order valence-electron chi connectivity index (χ4n) is 5.78. The lowest BCUT2D eigenvalue weighted by Gasteiger charge is -2.19. The zero-order chi connectivity index (χ0) is 33.5. The Morgan fingerprint density at radius 3 is 1.62 bits per heavy atom. The zero-order valence-electron chi connectivity index (χ0n) is 27.1. The van der Waals surface area contributed by atoms with Gasteiger partial charge in [0.15, 0.2) is 0 Å². The normalized spacial score (nSPS) is 13.2. The number of benzene rings is 5. The Kier molecular flexibility index (Phi) is 8.91. The largest absolute Gasteiger partial charge is 0.456 e. The Hall–Kier alpha value is -6.36. The van der Waals surface area contributed by atoms with Crippen molar-refractivity contribution >= 4 is 44.7 Å². The molecule has 1 aliphatic rings. The van der Waals surface area contributed by atoms with Crippen molar-refractivity contribution in [2.45, 2.75) is 0 Å². The smallest absolute Gasteiger partial charge is 0.361 e. The Morgan fingerprint density at radius 1 is 0.580 bits per heavy atom. The van der Waals surface area contributed by atoms with Crippen LogP contribution in [-0.2, 0) is 4.74 Å². The van der Waals surface area contributed by atoms with E-state index in [0.29, 0.717) is 0 Å². The van der Waals surface area contributed by atoms with Crippen molar-refractivity contribution in [3.05, 3.63) is 215 Å². The van der Waals surface area contributed by atoms with E-state index in [-0.39, 0.29) is 0 Å². The molecule has 5 aromatic carbocycles. The van der Waals surface area contributed by atoms with Crippen LogP contribution in [0.3, 0.4) is 0 Å². The van der Waals surface area contributed by atoms with Crippen LogP contribution >= 0.6 is 11.3 Å². The topological polar surface area (TPSA) is 33.4 Å². The second kappa shape index (κ2) is 14.4. The molecule has 0 bridgehead atoms. The summed E-state index contributed by atoms with van der Waals surface area (Å²) >= 11 is 1.69. The van der Waals surface area contributed by atoms with Gasteiger partial charge in [-0.2, -0.15) is 0 Å². The summed E-state index contributed by atoms with van der Waals surface area (Å²) in [5.41, 5.74) is 8.12. The number of hydrogen-bond acceptors (Lipinski definition) is 3. The first-order chi connectivity index (χ1) is 24.7. The van der Waals surface area contributed by atoms with E-state index in [4.69, 9.17) is 14.1 Å². The predicted molar refractivity (Wildman–Crippen MR) is 209 cm³/mol. The minimum Gasteiger partial charge on any atom is -0.456 e. The number of nitrogens with zero attached hydrogens (tertiary/aromatic N) is 1. The highest BCUT2D eigenvalue weighted by molar-refractivity contribution is 7.19. The molecule has 238 valence electrons. The highest BCUT2D eigenvalue weighted by Crippen LogP contribution is 2.34. The molecule has 0 saturated heterocycles. The number of fused-ring (bicyclic) bond motifs is 1. The molecular weight excluding hydrogens is 631 g/mol. The van der Waals surface area contributed by atoms with E-state index in [1.165, 1.54) is 0 Å². The highest BCUT2D eigenvalue weighted by atomic mass is 32.1. The highest BCUT2D eigenvalue weighted by Gasteiger charge is 2.19. The maximum atomic E-state index is 6.45. The molecular formula is C46H32NO2S+. The molecule has 3 heterocycles. The third kappa shape index (κ3) is 7.07. The molecule has 0 amide bonds. The van der Waals surface area contributed by atoms with Crippen LogP contribution in [0.25, 0.3) is 56.0 Å². The van der Waals surface area contributed by atoms with Gasteiger partial charge in [0.1, 0.15) is 16.5 Å². The Balaban J connectivity index is 1.24.